The second-order valence-electron chi connectivity index (χ2n) is 6.55. The molecule has 1 saturated heterocycles. The highest BCUT2D eigenvalue weighted by Gasteiger charge is 2.23. The van der Waals surface area contributed by atoms with Gasteiger partial charge < -0.3 is 9.26 Å². The molecule has 0 saturated carbocycles. The first-order chi connectivity index (χ1) is 11.7. The van der Waals surface area contributed by atoms with Gasteiger partial charge in [-0.05, 0) is 31.2 Å². The lowest BCUT2D eigenvalue weighted by Gasteiger charge is -2.27. The molecule has 1 aromatic carbocycles. The van der Waals surface area contributed by atoms with Crippen LogP contribution in [-0.4, -0.2) is 32.6 Å². The lowest BCUT2D eigenvalue weighted by atomic mass is 9.91. The summed E-state index contributed by atoms with van der Waals surface area (Å²) in [6.45, 7) is 3.01. The van der Waals surface area contributed by atoms with E-state index < -0.39 is 0 Å². The molecule has 0 N–H and O–H groups in total. The van der Waals surface area contributed by atoms with Crippen molar-refractivity contribution in [1.29, 1.82) is 0 Å². The summed E-state index contributed by atoms with van der Waals surface area (Å²) in [5, 5.41) is 9.54. The maximum atomic E-state index is 5.74. The molecule has 3 aromatic rings. The van der Waals surface area contributed by atoms with Crippen LogP contribution in [0.5, 0.6) is 0 Å². The third-order valence-corrected chi connectivity index (χ3v) is 4.87. The molecule has 24 heavy (non-hydrogen) atoms. The van der Waals surface area contributed by atoms with E-state index in [1.165, 1.54) is 0 Å². The van der Waals surface area contributed by atoms with E-state index in [1.807, 2.05) is 30.1 Å². The minimum Gasteiger partial charge on any atom is -0.378 e. The second-order valence-corrected chi connectivity index (χ2v) is 6.55. The standard InChI is InChI=1S/C18H22N4O2/c1-3-15-8-12(6-7-23-15)9-17-20-18(21-24-17)13-4-5-14-11-19-22(2)16(14)10-13/h4-5,10-12,15H,3,6-9H2,1-2H3. The molecule has 1 aliphatic heterocycles. The van der Waals surface area contributed by atoms with E-state index in [1.54, 1.807) is 0 Å². The van der Waals surface area contributed by atoms with E-state index in [4.69, 9.17) is 9.26 Å². The predicted molar refractivity (Wildman–Crippen MR) is 90.5 cm³/mol. The molecule has 4 rings (SSSR count). The lowest BCUT2D eigenvalue weighted by Crippen LogP contribution is -2.26. The molecule has 126 valence electrons. The Morgan fingerprint density at radius 3 is 3.12 bits per heavy atom. The minimum absolute atomic E-state index is 0.374. The average molecular weight is 326 g/mol. The van der Waals surface area contributed by atoms with Gasteiger partial charge in [0, 0.05) is 31.0 Å². The first kappa shape index (κ1) is 15.3. The summed E-state index contributed by atoms with van der Waals surface area (Å²) in [6, 6.07) is 6.11. The van der Waals surface area contributed by atoms with Crippen LogP contribution in [0.15, 0.2) is 28.9 Å². The highest BCUT2D eigenvalue weighted by molar-refractivity contribution is 5.83. The second kappa shape index (κ2) is 6.36. The van der Waals surface area contributed by atoms with Gasteiger partial charge in [0.15, 0.2) is 0 Å². The lowest BCUT2D eigenvalue weighted by molar-refractivity contribution is -0.0115. The number of benzene rings is 1. The number of hydrogen-bond acceptors (Lipinski definition) is 5. The minimum atomic E-state index is 0.374. The zero-order valence-electron chi connectivity index (χ0n) is 14.1. The maximum absolute atomic E-state index is 5.74. The van der Waals surface area contributed by atoms with Crippen LogP contribution in [0.25, 0.3) is 22.3 Å². The van der Waals surface area contributed by atoms with Gasteiger partial charge in [-0.25, -0.2) is 0 Å². The van der Waals surface area contributed by atoms with Crippen molar-refractivity contribution in [2.24, 2.45) is 13.0 Å². The van der Waals surface area contributed by atoms with Crippen LogP contribution in [0.4, 0.5) is 0 Å². The molecular weight excluding hydrogens is 304 g/mol. The molecule has 1 fully saturated rings. The third kappa shape index (κ3) is 2.94. The Bertz CT molecular complexity index is 839. The van der Waals surface area contributed by atoms with Gasteiger partial charge in [0.05, 0.1) is 17.8 Å². The zero-order chi connectivity index (χ0) is 16.5. The number of rotatable bonds is 4. The molecule has 2 aromatic heterocycles. The summed E-state index contributed by atoms with van der Waals surface area (Å²) in [6.07, 6.45) is 6.27. The summed E-state index contributed by atoms with van der Waals surface area (Å²) in [5.41, 5.74) is 2.02. The van der Waals surface area contributed by atoms with Crippen molar-refractivity contribution < 1.29 is 9.26 Å². The van der Waals surface area contributed by atoms with Crippen molar-refractivity contribution in [3.63, 3.8) is 0 Å². The molecule has 6 nitrogen and oxygen atoms in total. The average Bonchev–Trinajstić information content (AvgIpc) is 3.22. The van der Waals surface area contributed by atoms with E-state index in [0.717, 1.165) is 54.6 Å². The monoisotopic (exact) mass is 326 g/mol. The Labute approximate surface area is 140 Å². The SMILES string of the molecule is CCC1CC(Cc2nc(-c3ccc4cnn(C)c4c3)no2)CCO1. The summed E-state index contributed by atoms with van der Waals surface area (Å²) in [4.78, 5) is 4.60. The van der Waals surface area contributed by atoms with Crippen molar-refractivity contribution in [3.05, 3.63) is 30.3 Å². The number of aromatic nitrogens is 4. The zero-order valence-corrected chi connectivity index (χ0v) is 14.1. The van der Waals surface area contributed by atoms with Crippen LogP contribution in [0, 0.1) is 5.92 Å². The smallest absolute Gasteiger partial charge is 0.227 e. The van der Waals surface area contributed by atoms with Gasteiger partial charge in [-0.3, -0.25) is 4.68 Å². The van der Waals surface area contributed by atoms with Gasteiger partial charge in [-0.2, -0.15) is 10.1 Å². The van der Waals surface area contributed by atoms with Gasteiger partial charge >= 0.3 is 0 Å². The van der Waals surface area contributed by atoms with Gasteiger partial charge in [0.2, 0.25) is 11.7 Å². The summed E-state index contributed by atoms with van der Waals surface area (Å²) >= 11 is 0. The Morgan fingerprint density at radius 2 is 2.25 bits per heavy atom. The number of fused-ring (bicyclic) bond motifs is 1. The Morgan fingerprint density at radius 1 is 1.33 bits per heavy atom. The van der Waals surface area contributed by atoms with Crippen LogP contribution in [0.2, 0.25) is 0 Å². The highest BCUT2D eigenvalue weighted by Crippen LogP contribution is 2.26. The molecule has 2 unspecified atom stereocenters. The molecule has 0 aliphatic carbocycles. The number of hydrogen-bond donors (Lipinski definition) is 0. The van der Waals surface area contributed by atoms with Gasteiger partial charge in [-0.1, -0.05) is 24.2 Å². The molecule has 0 radical (unpaired) electrons. The van der Waals surface area contributed by atoms with Crippen molar-refractivity contribution >= 4 is 10.9 Å². The normalized spacial score (nSPS) is 21.4. The van der Waals surface area contributed by atoms with Crippen molar-refractivity contribution in [1.82, 2.24) is 19.9 Å². The third-order valence-electron chi connectivity index (χ3n) is 4.87. The van der Waals surface area contributed by atoms with Gasteiger partial charge in [0.1, 0.15) is 0 Å². The van der Waals surface area contributed by atoms with E-state index in [0.29, 0.717) is 17.8 Å². The van der Waals surface area contributed by atoms with Crippen molar-refractivity contribution in [3.8, 4) is 11.4 Å². The Balaban J connectivity index is 1.52. The molecule has 1 aliphatic rings. The van der Waals surface area contributed by atoms with Crippen LogP contribution >= 0.6 is 0 Å². The predicted octanol–water partition coefficient (Wildman–Crippen LogP) is 3.37. The Kier molecular flexibility index (Phi) is 4.06. The number of ether oxygens (including phenoxy) is 1. The van der Waals surface area contributed by atoms with E-state index in [-0.39, 0.29) is 0 Å². The maximum Gasteiger partial charge on any atom is 0.227 e. The quantitative estimate of drug-likeness (QED) is 0.735. The van der Waals surface area contributed by atoms with E-state index in [9.17, 15) is 0 Å². The molecule has 0 bridgehead atoms. The van der Waals surface area contributed by atoms with E-state index in [2.05, 4.69) is 28.2 Å². The fraction of sp³-hybridized carbons (Fsp3) is 0.500. The van der Waals surface area contributed by atoms with Gasteiger partial charge in [-0.15, -0.1) is 0 Å². The van der Waals surface area contributed by atoms with Gasteiger partial charge in [0.25, 0.3) is 0 Å². The molecule has 0 amide bonds. The first-order valence-electron chi connectivity index (χ1n) is 8.59. The fourth-order valence-electron chi connectivity index (χ4n) is 3.41. The highest BCUT2D eigenvalue weighted by atomic mass is 16.5. The topological polar surface area (TPSA) is 66.0 Å². The largest absolute Gasteiger partial charge is 0.378 e. The van der Waals surface area contributed by atoms with E-state index >= 15 is 0 Å². The van der Waals surface area contributed by atoms with Crippen LogP contribution in [0.1, 0.15) is 32.1 Å². The number of nitrogens with zero attached hydrogens (tertiary/aromatic N) is 4. The fourth-order valence-corrected chi connectivity index (χ4v) is 3.41. The number of aryl methyl sites for hydroxylation is 1. The Hall–Kier alpha value is -2.21. The van der Waals surface area contributed by atoms with Crippen LogP contribution < -0.4 is 0 Å². The summed E-state index contributed by atoms with van der Waals surface area (Å²) in [5.74, 6) is 1.93. The van der Waals surface area contributed by atoms with Crippen LogP contribution in [-0.2, 0) is 18.2 Å². The molecule has 3 heterocycles. The van der Waals surface area contributed by atoms with Crippen molar-refractivity contribution in [2.75, 3.05) is 6.61 Å². The molecular formula is C18H22N4O2. The van der Waals surface area contributed by atoms with Crippen molar-refractivity contribution in [2.45, 2.75) is 38.7 Å². The molecule has 2 atom stereocenters. The molecule has 6 heteroatoms. The van der Waals surface area contributed by atoms with Crippen LogP contribution in [0.3, 0.4) is 0 Å². The summed E-state index contributed by atoms with van der Waals surface area (Å²) in [7, 11) is 1.93. The summed E-state index contributed by atoms with van der Waals surface area (Å²) < 4.78 is 13.1. The molecule has 0 spiro atoms. The first-order valence-corrected chi connectivity index (χ1v) is 8.59.